The van der Waals surface area contributed by atoms with Crippen LogP contribution in [0, 0.1) is 37.5 Å². The third-order valence-electron chi connectivity index (χ3n) is 5.56. The summed E-state index contributed by atoms with van der Waals surface area (Å²) in [5.74, 6) is -0.0116. The predicted octanol–water partition coefficient (Wildman–Crippen LogP) is 2.44. The predicted molar refractivity (Wildman–Crippen MR) is 77.6 cm³/mol. The minimum Gasteiger partial charge on any atom is -0.462 e. The Hall–Kier alpha value is -1.84. The molecule has 2 saturated carbocycles. The molecule has 1 aromatic rings. The van der Waals surface area contributed by atoms with Crippen LogP contribution in [0.1, 0.15) is 24.0 Å². The molecule has 4 heteroatoms. The zero-order valence-corrected chi connectivity index (χ0v) is 12.3. The van der Waals surface area contributed by atoms with Gasteiger partial charge in [0.25, 0.3) is 0 Å². The van der Waals surface area contributed by atoms with Gasteiger partial charge in [0.1, 0.15) is 6.10 Å². The van der Waals surface area contributed by atoms with Crippen molar-refractivity contribution in [2.45, 2.75) is 32.8 Å². The van der Waals surface area contributed by atoms with Crippen molar-refractivity contribution in [2.75, 3.05) is 5.32 Å². The summed E-state index contributed by atoms with van der Waals surface area (Å²) in [7, 11) is 0. The first-order valence-corrected chi connectivity index (χ1v) is 7.63. The van der Waals surface area contributed by atoms with Crippen LogP contribution in [0.25, 0.3) is 0 Å². The second kappa shape index (κ2) is 4.33. The van der Waals surface area contributed by atoms with Gasteiger partial charge in [-0.15, -0.1) is 0 Å². The van der Waals surface area contributed by atoms with E-state index in [0.717, 1.165) is 24.1 Å². The Labute approximate surface area is 123 Å². The van der Waals surface area contributed by atoms with Gasteiger partial charge in [-0.2, -0.15) is 0 Å². The SMILES string of the molecule is Cc1ccc(NC(=O)[C@H]2[C@H]3C[C@@H]4[C@@H]2C(=O)O[C@@H]4C3)cc1C. The first-order valence-electron chi connectivity index (χ1n) is 7.63. The largest absolute Gasteiger partial charge is 0.462 e. The molecule has 4 rings (SSSR count). The maximum atomic E-state index is 12.6. The highest BCUT2D eigenvalue weighted by atomic mass is 16.6. The minimum atomic E-state index is -0.208. The lowest BCUT2D eigenvalue weighted by atomic mass is 9.79. The number of aryl methyl sites for hydroxylation is 2. The number of carbonyl (C=O) groups is 2. The minimum absolute atomic E-state index is 0.0203. The van der Waals surface area contributed by atoms with Gasteiger partial charge in [0.05, 0.1) is 11.8 Å². The highest BCUT2D eigenvalue weighted by Crippen LogP contribution is 2.57. The smallest absolute Gasteiger partial charge is 0.310 e. The van der Waals surface area contributed by atoms with E-state index in [-0.39, 0.29) is 35.7 Å². The van der Waals surface area contributed by atoms with Crippen LogP contribution < -0.4 is 5.32 Å². The van der Waals surface area contributed by atoms with Crippen molar-refractivity contribution in [3.8, 4) is 0 Å². The van der Waals surface area contributed by atoms with Crippen molar-refractivity contribution in [1.29, 1.82) is 0 Å². The lowest BCUT2D eigenvalue weighted by Gasteiger charge is -2.23. The van der Waals surface area contributed by atoms with Gasteiger partial charge < -0.3 is 10.1 Å². The van der Waals surface area contributed by atoms with Crippen molar-refractivity contribution in [3.63, 3.8) is 0 Å². The summed E-state index contributed by atoms with van der Waals surface area (Å²) >= 11 is 0. The lowest BCUT2D eigenvalue weighted by Crippen LogP contribution is -2.35. The second-order valence-corrected chi connectivity index (χ2v) is 6.71. The van der Waals surface area contributed by atoms with Crippen LogP contribution in [0.2, 0.25) is 0 Å². The number of carbonyl (C=O) groups excluding carboxylic acids is 2. The molecule has 1 heterocycles. The van der Waals surface area contributed by atoms with Crippen molar-refractivity contribution in [2.24, 2.45) is 23.7 Å². The molecule has 2 aliphatic carbocycles. The monoisotopic (exact) mass is 285 g/mol. The van der Waals surface area contributed by atoms with Crippen LogP contribution in [-0.4, -0.2) is 18.0 Å². The molecule has 0 spiro atoms. The van der Waals surface area contributed by atoms with Gasteiger partial charge in [-0.1, -0.05) is 6.07 Å². The summed E-state index contributed by atoms with van der Waals surface area (Å²) in [6.45, 7) is 4.08. The number of anilines is 1. The van der Waals surface area contributed by atoms with Crippen LogP contribution in [0.5, 0.6) is 0 Å². The zero-order chi connectivity index (χ0) is 14.7. The van der Waals surface area contributed by atoms with E-state index < -0.39 is 0 Å². The van der Waals surface area contributed by atoms with Crippen LogP contribution in [-0.2, 0) is 14.3 Å². The van der Waals surface area contributed by atoms with Crippen LogP contribution in [0.15, 0.2) is 18.2 Å². The molecule has 1 amide bonds. The van der Waals surface area contributed by atoms with Gasteiger partial charge >= 0.3 is 5.97 Å². The van der Waals surface area contributed by atoms with Crippen molar-refractivity contribution < 1.29 is 14.3 Å². The molecule has 0 radical (unpaired) electrons. The third-order valence-corrected chi connectivity index (χ3v) is 5.56. The maximum absolute atomic E-state index is 12.6. The molecule has 0 unspecified atom stereocenters. The van der Waals surface area contributed by atoms with Crippen molar-refractivity contribution >= 4 is 17.6 Å². The Morgan fingerprint density at radius 1 is 1.24 bits per heavy atom. The molecule has 1 N–H and O–H groups in total. The van der Waals surface area contributed by atoms with Gasteiger partial charge in [0, 0.05) is 11.6 Å². The first-order chi connectivity index (χ1) is 10.0. The van der Waals surface area contributed by atoms with E-state index in [0.29, 0.717) is 5.92 Å². The Balaban J connectivity index is 1.55. The fraction of sp³-hybridized carbons (Fsp3) is 0.529. The molecule has 2 bridgehead atoms. The fourth-order valence-corrected chi connectivity index (χ4v) is 4.41. The number of rotatable bonds is 2. The van der Waals surface area contributed by atoms with Crippen molar-refractivity contribution in [3.05, 3.63) is 29.3 Å². The average molecular weight is 285 g/mol. The summed E-state index contributed by atoms with van der Waals surface area (Å²) in [4.78, 5) is 24.6. The molecule has 3 aliphatic rings. The molecule has 0 aromatic heterocycles. The Morgan fingerprint density at radius 2 is 2.05 bits per heavy atom. The molecular weight excluding hydrogens is 266 g/mol. The average Bonchev–Trinajstić information content (AvgIpc) is 3.04. The molecule has 1 saturated heterocycles. The van der Waals surface area contributed by atoms with Crippen LogP contribution >= 0.6 is 0 Å². The number of benzene rings is 1. The summed E-state index contributed by atoms with van der Waals surface area (Å²) in [6.07, 6.45) is 1.91. The maximum Gasteiger partial charge on any atom is 0.310 e. The molecule has 1 aliphatic heterocycles. The molecule has 4 nitrogen and oxygen atoms in total. The first kappa shape index (κ1) is 12.9. The van der Waals surface area contributed by atoms with Crippen LogP contribution in [0.4, 0.5) is 5.69 Å². The number of esters is 1. The van der Waals surface area contributed by atoms with Crippen molar-refractivity contribution in [1.82, 2.24) is 0 Å². The zero-order valence-electron chi connectivity index (χ0n) is 12.3. The van der Waals surface area contributed by atoms with E-state index in [9.17, 15) is 9.59 Å². The molecule has 3 fully saturated rings. The Bertz CT molecular complexity index is 637. The third kappa shape index (κ3) is 1.81. The van der Waals surface area contributed by atoms with Gasteiger partial charge in [-0.05, 0) is 55.9 Å². The Kier molecular flexibility index (Phi) is 2.65. The van der Waals surface area contributed by atoms with E-state index in [1.165, 1.54) is 5.56 Å². The topological polar surface area (TPSA) is 55.4 Å². The molecule has 21 heavy (non-hydrogen) atoms. The van der Waals surface area contributed by atoms with Gasteiger partial charge in [-0.3, -0.25) is 9.59 Å². The number of fused-ring (bicyclic) bond motifs is 1. The number of hydrogen-bond acceptors (Lipinski definition) is 3. The normalized spacial score (nSPS) is 35.9. The highest BCUT2D eigenvalue weighted by molar-refractivity contribution is 5.97. The number of ether oxygens (including phenoxy) is 1. The summed E-state index contributed by atoms with van der Waals surface area (Å²) in [5.41, 5.74) is 3.17. The van der Waals surface area contributed by atoms with Gasteiger partial charge in [0.2, 0.25) is 5.91 Å². The van der Waals surface area contributed by atoms with Gasteiger partial charge in [-0.25, -0.2) is 0 Å². The molecule has 5 atom stereocenters. The Morgan fingerprint density at radius 3 is 2.81 bits per heavy atom. The summed E-state index contributed by atoms with van der Waals surface area (Å²) < 4.78 is 5.39. The van der Waals surface area contributed by atoms with E-state index in [1.54, 1.807) is 0 Å². The molecule has 1 aromatic carbocycles. The fourth-order valence-electron chi connectivity index (χ4n) is 4.41. The number of hydrogen-bond donors (Lipinski definition) is 1. The van der Waals surface area contributed by atoms with Gasteiger partial charge in [0.15, 0.2) is 0 Å². The summed E-state index contributed by atoms with van der Waals surface area (Å²) in [6, 6.07) is 5.91. The standard InChI is InChI=1S/C17H19NO3/c1-8-3-4-11(5-9(8)2)18-16(19)14-10-6-12-13(7-10)21-17(20)15(12)14/h3-5,10,12-15H,6-7H2,1-2H3,(H,18,19)/t10-,12-,13+,14-,15-/m0/s1. The molecule has 110 valence electrons. The lowest BCUT2D eigenvalue weighted by molar-refractivity contribution is -0.145. The summed E-state index contributed by atoms with van der Waals surface area (Å²) in [5, 5.41) is 2.99. The van der Waals surface area contributed by atoms with E-state index in [2.05, 4.69) is 5.32 Å². The molecular formula is C17H19NO3. The number of nitrogens with one attached hydrogen (secondary N) is 1. The van der Waals surface area contributed by atoms with E-state index in [1.807, 2.05) is 32.0 Å². The van der Waals surface area contributed by atoms with E-state index in [4.69, 9.17) is 4.74 Å². The number of amides is 1. The second-order valence-electron chi connectivity index (χ2n) is 6.71. The van der Waals surface area contributed by atoms with Crippen LogP contribution in [0.3, 0.4) is 0 Å². The van der Waals surface area contributed by atoms with E-state index >= 15 is 0 Å². The quantitative estimate of drug-likeness (QED) is 0.849. The highest BCUT2D eigenvalue weighted by Gasteiger charge is 2.63.